The summed E-state index contributed by atoms with van der Waals surface area (Å²) in [7, 11) is -3.41. The van der Waals surface area contributed by atoms with Crippen LogP contribution < -0.4 is 5.73 Å². The molecule has 2 N–H and O–H groups in total. The second-order valence-corrected chi connectivity index (χ2v) is 7.42. The summed E-state index contributed by atoms with van der Waals surface area (Å²) >= 11 is 0. The van der Waals surface area contributed by atoms with Crippen LogP contribution in [0.5, 0.6) is 0 Å². The summed E-state index contributed by atoms with van der Waals surface area (Å²) < 4.78 is 26.6. The summed E-state index contributed by atoms with van der Waals surface area (Å²) in [5.74, 6) is 0.399. The SMILES string of the molecule is CC(C)c1ccc(S(=O)(=O)N2CCC(N)C2C)cc1. The van der Waals surface area contributed by atoms with Crippen LogP contribution >= 0.6 is 0 Å². The maximum Gasteiger partial charge on any atom is 0.243 e. The normalized spacial score (nSPS) is 25.1. The van der Waals surface area contributed by atoms with E-state index in [-0.39, 0.29) is 12.1 Å². The molecule has 4 nitrogen and oxygen atoms in total. The summed E-state index contributed by atoms with van der Waals surface area (Å²) in [5, 5.41) is 0. The van der Waals surface area contributed by atoms with Gasteiger partial charge in [-0.15, -0.1) is 0 Å². The number of hydrogen-bond donors (Lipinski definition) is 1. The summed E-state index contributed by atoms with van der Waals surface area (Å²) in [6, 6.07) is 6.97. The molecule has 1 aliphatic rings. The fourth-order valence-corrected chi connectivity index (χ4v) is 4.12. The highest BCUT2D eigenvalue weighted by atomic mass is 32.2. The lowest BCUT2D eigenvalue weighted by atomic mass is 10.0. The van der Waals surface area contributed by atoms with Gasteiger partial charge in [-0.3, -0.25) is 0 Å². The predicted molar refractivity (Wildman–Crippen MR) is 76.5 cm³/mol. The molecular formula is C14H22N2O2S. The van der Waals surface area contributed by atoms with Crippen LogP contribution in [-0.2, 0) is 10.0 Å². The highest BCUT2D eigenvalue weighted by Crippen LogP contribution is 2.26. The van der Waals surface area contributed by atoms with E-state index in [4.69, 9.17) is 5.73 Å². The molecule has 0 aromatic heterocycles. The van der Waals surface area contributed by atoms with Crippen molar-refractivity contribution < 1.29 is 8.42 Å². The number of rotatable bonds is 3. The van der Waals surface area contributed by atoms with Gasteiger partial charge in [0.05, 0.1) is 4.90 Å². The van der Waals surface area contributed by atoms with Crippen LogP contribution in [0.2, 0.25) is 0 Å². The number of sulfonamides is 1. The first-order valence-corrected chi connectivity index (χ1v) is 8.15. The van der Waals surface area contributed by atoms with Gasteiger partial charge < -0.3 is 5.73 Å². The Bertz CT molecular complexity index is 537. The Morgan fingerprint density at radius 1 is 1.26 bits per heavy atom. The second-order valence-electron chi connectivity index (χ2n) is 5.53. The van der Waals surface area contributed by atoms with E-state index in [0.29, 0.717) is 17.4 Å². The van der Waals surface area contributed by atoms with Gasteiger partial charge in [-0.2, -0.15) is 4.31 Å². The standard InChI is InChI=1S/C14H22N2O2S/c1-10(2)12-4-6-13(7-5-12)19(17,18)16-9-8-14(15)11(16)3/h4-7,10-11,14H,8-9,15H2,1-3H3. The zero-order chi connectivity index (χ0) is 14.2. The van der Waals surface area contributed by atoms with E-state index in [0.717, 1.165) is 12.0 Å². The van der Waals surface area contributed by atoms with Gasteiger partial charge in [0.1, 0.15) is 0 Å². The predicted octanol–water partition coefficient (Wildman–Crippen LogP) is 1.92. The lowest BCUT2D eigenvalue weighted by Gasteiger charge is -2.22. The highest BCUT2D eigenvalue weighted by Gasteiger charge is 2.37. The molecule has 1 heterocycles. The molecule has 2 rings (SSSR count). The Balaban J connectivity index is 2.30. The minimum atomic E-state index is -3.41. The summed E-state index contributed by atoms with van der Waals surface area (Å²) in [4.78, 5) is 0.359. The molecule has 19 heavy (non-hydrogen) atoms. The van der Waals surface area contributed by atoms with Crippen molar-refractivity contribution in [3.63, 3.8) is 0 Å². The lowest BCUT2D eigenvalue weighted by Crippen LogP contribution is -2.40. The molecule has 0 radical (unpaired) electrons. The molecular weight excluding hydrogens is 260 g/mol. The Labute approximate surface area is 115 Å². The third-order valence-electron chi connectivity index (χ3n) is 3.91. The van der Waals surface area contributed by atoms with Crippen molar-refractivity contribution in [2.75, 3.05) is 6.54 Å². The van der Waals surface area contributed by atoms with E-state index in [1.165, 1.54) is 4.31 Å². The van der Waals surface area contributed by atoms with Crippen LogP contribution in [0.25, 0.3) is 0 Å². The van der Waals surface area contributed by atoms with Crippen LogP contribution in [0, 0.1) is 0 Å². The molecule has 2 unspecified atom stereocenters. The Kier molecular flexibility index (Phi) is 3.99. The maximum absolute atomic E-state index is 12.5. The fourth-order valence-electron chi connectivity index (χ4n) is 2.43. The van der Waals surface area contributed by atoms with Crippen molar-refractivity contribution in [1.29, 1.82) is 0 Å². The van der Waals surface area contributed by atoms with Crippen LogP contribution in [0.15, 0.2) is 29.2 Å². The third-order valence-corrected chi connectivity index (χ3v) is 5.91. The minimum Gasteiger partial charge on any atom is -0.326 e. The Hall–Kier alpha value is -0.910. The van der Waals surface area contributed by atoms with Crippen molar-refractivity contribution in [3.8, 4) is 0 Å². The van der Waals surface area contributed by atoms with Crippen molar-refractivity contribution >= 4 is 10.0 Å². The highest BCUT2D eigenvalue weighted by molar-refractivity contribution is 7.89. The lowest BCUT2D eigenvalue weighted by molar-refractivity contribution is 0.393. The molecule has 1 fully saturated rings. The first-order valence-electron chi connectivity index (χ1n) is 6.71. The molecule has 0 aliphatic carbocycles. The van der Waals surface area contributed by atoms with Gasteiger partial charge in [0.2, 0.25) is 10.0 Å². The molecule has 0 amide bonds. The molecule has 106 valence electrons. The van der Waals surface area contributed by atoms with Crippen LogP contribution in [0.4, 0.5) is 0 Å². The number of nitrogens with zero attached hydrogens (tertiary/aromatic N) is 1. The smallest absolute Gasteiger partial charge is 0.243 e. The van der Waals surface area contributed by atoms with Gasteiger partial charge in [0.25, 0.3) is 0 Å². The number of nitrogens with two attached hydrogens (primary N) is 1. The minimum absolute atomic E-state index is 0.0651. The average Bonchev–Trinajstić information content (AvgIpc) is 2.70. The van der Waals surface area contributed by atoms with Crippen molar-refractivity contribution in [3.05, 3.63) is 29.8 Å². The van der Waals surface area contributed by atoms with E-state index >= 15 is 0 Å². The Morgan fingerprint density at radius 2 is 1.84 bits per heavy atom. The molecule has 2 atom stereocenters. The first-order chi connectivity index (χ1) is 8.84. The molecule has 0 saturated carbocycles. The van der Waals surface area contributed by atoms with Gasteiger partial charge in [-0.25, -0.2) is 8.42 Å². The average molecular weight is 282 g/mol. The zero-order valence-corrected chi connectivity index (χ0v) is 12.5. The van der Waals surface area contributed by atoms with Crippen molar-refractivity contribution in [2.45, 2.75) is 50.1 Å². The number of hydrogen-bond acceptors (Lipinski definition) is 3. The molecule has 1 aliphatic heterocycles. The number of benzene rings is 1. The van der Waals surface area contributed by atoms with Crippen LogP contribution in [0.1, 0.15) is 38.7 Å². The van der Waals surface area contributed by atoms with E-state index in [2.05, 4.69) is 13.8 Å². The van der Waals surface area contributed by atoms with E-state index in [1.807, 2.05) is 19.1 Å². The van der Waals surface area contributed by atoms with Crippen LogP contribution in [0.3, 0.4) is 0 Å². The molecule has 1 aromatic rings. The quantitative estimate of drug-likeness (QED) is 0.921. The van der Waals surface area contributed by atoms with Gasteiger partial charge in [-0.1, -0.05) is 26.0 Å². The summed E-state index contributed by atoms with van der Waals surface area (Å²) in [5.41, 5.74) is 7.04. The van der Waals surface area contributed by atoms with Gasteiger partial charge in [0, 0.05) is 18.6 Å². The summed E-state index contributed by atoms with van der Waals surface area (Å²) in [6.45, 7) is 6.56. The fraction of sp³-hybridized carbons (Fsp3) is 0.571. The van der Waals surface area contributed by atoms with E-state index < -0.39 is 10.0 Å². The Morgan fingerprint density at radius 3 is 2.26 bits per heavy atom. The topological polar surface area (TPSA) is 63.4 Å². The molecule has 1 saturated heterocycles. The van der Waals surface area contributed by atoms with E-state index in [1.54, 1.807) is 12.1 Å². The van der Waals surface area contributed by atoms with Crippen molar-refractivity contribution in [1.82, 2.24) is 4.31 Å². The molecule has 5 heteroatoms. The van der Waals surface area contributed by atoms with Crippen LogP contribution in [-0.4, -0.2) is 31.4 Å². The van der Waals surface area contributed by atoms with Crippen molar-refractivity contribution in [2.24, 2.45) is 5.73 Å². The van der Waals surface area contributed by atoms with Gasteiger partial charge >= 0.3 is 0 Å². The van der Waals surface area contributed by atoms with Gasteiger partial charge in [-0.05, 0) is 37.0 Å². The van der Waals surface area contributed by atoms with Gasteiger partial charge in [0.15, 0.2) is 0 Å². The third kappa shape index (κ3) is 2.68. The largest absolute Gasteiger partial charge is 0.326 e. The summed E-state index contributed by atoms with van der Waals surface area (Å²) in [6.07, 6.45) is 0.727. The molecule has 0 bridgehead atoms. The maximum atomic E-state index is 12.5. The van der Waals surface area contributed by atoms with E-state index in [9.17, 15) is 8.42 Å². The monoisotopic (exact) mass is 282 g/mol. The molecule has 1 aromatic carbocycles. The second kappa shape index (κ2) is 5.23. The molecule has 0 spiro atoms. The zero-order valence-electron chi connectivity index (χ0n) is 11.7. The first kappa shape index (κ1) is 14.5.